The summed E-state index contributed by atoms with van der Waals surface area (Å²) in [4.78, 5) is 11.8. The monoisotopic (exact) mass is 332 g/mol. The van der Waals surface area contributed by atoms with Gasteiger partial charge in [0.1, 0.15) is 5.75 Å². The molecular formula is C20H32N2O2. The number of hydrogen-bond donors (Lipinski definition) is 1. The number of unbranched alkanes of at least 4 members (excludes halogenated alkanes) is 7. The molecule has 0 saturated heterocycles. The Morgan fingerprint density at radius 3 is 2.17 bits per heavy atom. The van der Waals surface area contributed by atoms with Gasteiger partial charge in [0.2, 0.25) is 5.91 Å². The second-order valence-corrected chi connectivity index (χ2v) is 6.19. The first-order valence-corrected chi connectivity index (χ1v) is 9.15. The largest absolute Gasteiger partial charge is 0.497 e. The van der Waals surface area contributed by atoms with E-state index < -0.39 is 0 Å². The normalized spacial score (nSPS) is 11.4. The van der Waals surface area contributed by atoms with Gasteiger partial charge in [0.05, 0.1) is 12.8 Å². The van der Waals surface area contributed by atoms with Crippen molar-refractivity contribution in [2.45, 2.75) is 71.6 Å². The summed E-state index contributed by atoms with van der Waals surface area (Å²) >= 11 is 0. The summed E-state index contributed by atoms with van der Waals surface area (Å²) in [5, 5.41) is 4.17. The van der Waals surface area contributed by atoms with Crippen LogP contribution in [0.1, 0.15) is 77.2 Å². The summed E-state index contributed by atoms with van der Waals surface area (Å²) in [6.45, 7) is 4.12. The molecule has 1 N–H and O–H groups in total. The van der Waals surface area contributed by atoms with E-state index in [0.717, 1.165) is 29.9 Å². The smallest absolute Gasteiger partial charge is 0.240 e. The number of nitrogens with one attached hydrogen (secondary N) is 1. The number of ether oxygens (including phenoxy) is 1. The highest BCUT2D eigenvalue weighted by molar-refractivity contribution is 5.99. The lowest BCUT2D eigenvalue weighted by Gasteiger charge is -2.05. The van der Waals surface area contributed by atoms with Crippen molar-refractivity contribution in [2.24, 2.45) is 5.10 Å². The van der Waals surface area contributed by atoms with Crippen molar-refractivity contribution in [2.75, 3.05) is 7.11 Å². The number of hydrazone groups is 1. The van der Waals surface area contributed by atoms with Crippen molar-refractivity contribution in [1.82, 2.24) is 5.43 Å². The molecular weight excluding hydrogens is 300 g/mol. The Balaban J connectivity index is 2.17. The number of nitrogens with zero attached hydrogens (tertiary/aromatic N) is 1. The molecule has 0 aliphatic carbocycles. The van der Waals surface area contributed by atoms with E-state index in [0.29, 0.717) is 6.42 Å². The lowest BCUT2D eigenvalue weighted by atomic mass is 10.1. The topological polar surface area (TPSA) is 50.7 Å². The molecule has 0 aromatic heterocycles. The lowest BCUT2D eigenvalue weighted by Crippen LogP contribution is -2.18. The van der Waals surface area contributed by atoms with Gasteiger partial charge in [-0.05, 0) is 43.2 Å². The van der Waals surface area contributed by atoms with Crippen molar-refractivity contribution in [3.8, 4) is 5.75 Å². The van der Waals surface area contributed by atoms with E-state index in [1.54, 1.807) is 7.11 Å². The zero-order valence-electron chi connectivity index (χ0n) is 15.4. The quantitative estimate of drug-likeness (QED) is 0.330. The summed E-state index contributed by atoms with van der Waals surface area (Å²) in [5.74, 6) is 0.805. The molecule has 0 aliphatic heterocycles. The third-order valence-corrected chi connectivity index (χ3v) is 4.11. The second-order valence-electron chi connectivity index (χ2n) is 6.19. The fourth-order valence-electron chi connectivity index (χ4n) is 2.52. The average Bonchev–Trinajstić information content (AvgIpc) is 2.62. The molecule has 0 aliphatic rings. The first kappa shape index (κ1) is 20.2. The second kappa shape index (κ2) is 12.6. The van der Waals surface area contributed by atoms with Gasteiger partial charge >= 0.3 is 0 Å². The predicted molar refractivity (Wildman–Crippen MR) is 101 cm³/mol. The standard InChI is InChI=1S/C20H32N2O2/c1-4-5-6-7-8-9-10-11-12-20(23)22-21-17(2)18-13-15-19(24-3)16-14-18/h13-16H,4-12H2,1-3H3,(H,22,23)/b21-17+. The van der Waals surface area contributed by atoms with Crippen molar-refractivity contribution in [3.63, 3.8) is 0 Å². The first-order valence-electron chi connectivity index (χ1n) is 9.15. The molecule has 0 fully saturated rings. The highest BCUT2D eigenvalue weighted by Crippen LogP contribution is 2.12. The molecule has 0 saturated carbocycles. The van der Waals surface area contributed by atoms with Gasteiger partial charge in [0, 0.05) is 6.42 Å². The van der Waals surface area contributed by atoms with Crippen LogP contribution < -0.4 is 10.2 Å². The maximum absolute atomic E-state index is 11.8. The molecule has 134 valence electrons. The minimum absolute atomic E-state index is 0.00570. The van der Waals surface area contributed by atoms with Gasteiger partial charge in [-0.25, -0.2) is 5.43 Å². The van der Waals surface area contributed by atoms with E-state index in [9.17, 15) is 4.79 Å². The number of methoxy groups -OCH3 is 1. The van der Waals surface area contributed by atoms with E-state index in [-0.39, 0.29) is 5.91 Å². The van der Waals surface area contributed by atoms with E-state index in [2.05, 4.69) is 17.5 Å². The number of hydrogen-bond acceptors (Lipinski definition) is 3. The predicted octanol–water partition coefficient (Wildman–Crippen LogP) is 5.07. The Morgan fingerprint density at radius 1 is 1.00 bits per heavy atom. The Morgan fingerprint density at radius 2 is 1.58 bits per heavy atom. The highest BCUT2D eigenvalue weighted by Gasteiger charge is 2.02. The molecule has 1 rings (SSSR count). The van der Waals surface area contributed by atoms with Crippen LogP contribution in [-0.2, 0) is 4.79 Å². The van der Waals surface area contributed by atoms with E-state index in [1.165, 1.54) is 38.5 Å². The Labute approximate surface area is 146 Å². The van der Waals surface area contributed by atoms with Crippen LogP contribution in [0.2, 0.25) is 0 Å². The van der Waals surface area contributed by atoms with Crippen molar-refractivity contribution >= 4 is 11.6 Å². The van der Waals surface area contributed by atoms with Crippen molar-refractivity contribution in [3.05, 3.63) is 29.8 Å². The number of carbonyl (C=O) groups is 1. The zero-order chi connectivity index (χ0) is 17.6. The minimum Gasteiger partial charge on any atom is -0.497 e. The van der Waals surface area contributed by atoms with Gasteiger partial charge in [-0.3, -0.25) is 4.79 Å². The lowest BCUT2D eigenvalue weighted by molar-refractivity contribution is -0.121. The number of carbonyl (C=O) groups excluding carboxylic acids is 1. The Hall–Kier alpha value is -1.84. The SMILES string of the molecule is CCCCCCCCCCC(=O)N/N=C(\C)c1ccc(OC)cc1. The first-order chi connectivity index (χ1) is 11.7. The van der Waals surface area contributed by atoms with Gasteiger partial charge in [-0.2, -0.15) is 5.10 Å². The van der Waals surface area contributed by atoms with E-state index in [1.807, 2.05) is 31.2 Å². The molecule has 0 heterocycles. The van der Waals surface area contributed by atoms with Crippen molar-refractivity contribution < 1.29 is 9.53 Å². The summed E-state index contributed by atoms with van der Waals surface area (Å²) < 4.78 is 5.13. The maximum atomic E-state index is 11.8. The van der Waals surface area contributed by atoms with Gasteiger partial charge in [0.25, 0.3) is 0 Å². The van der Waals surface area contributed by atoms with Crippen molar-refractivity contribution in [1.29, 1.82) is 0 Å². The third-order valence-electron chi connectivity index (χ3n) is 4.11. The summed E-state index contributed by atoms with van der Waals surface area (Å²) in [6, 6.07) is 7.64. The van der Waals surface area contributed by atoms with E-state index in [4.69, 9.17) is 4.74 Å². The van der Waals surface area contributed by atoms with Crippen LogP contribution in [0.15, 0.2) is 29.4 Å². The Bertz CT molecular complexity index is 495. The van der Waals surface area contributed by atoms with Crippen LogP contribution in [0, 0.1) is 0 Å². The average molecular weight is 332 g/mol. The molecule has 0 atom stereocenters. The maximum Gasteiger partial charge on any atom is 0.240 e. The fraction of sp³-hybridized carbons (Fsp3) is 0.600. The number of amides is 1. The molecule has 0 unspecified atom stereocenters. The molecule has 0 bridgehead atoms. The molecule has 4 heteroatoms. The van der Waals surface area contributed by atoms with Gasteiger partial charge in [-0.1, -0.05) is 51.9 Å². The molecule has 1 amide bonds. The van der Waals surface area contributed by atoms with Crippen LogP contribution in [0.5, 0.6) is 5.75 Å². The van der Waals surface area contributed by atoms with Crippen LogP contribution in [-0.4, -0.2) is 18.7 Å². The highest BCUT2D eigenvalue weighted by atomic mass is 16.5. The minimum atomic E-state index is -0.00570. The molecule has 4 nitrogen and oxygen atoms in total. The molecule has 1 aromatic carbocycles. The summed E-state index contributed by atoms with van der Waals surface area (Å²) in [5.41, 5.74) is 4.41. The number of benzene rings is 1. The molecule has 1 aromatic rings. The summed E-state index contributed by atoms with van der Waals surface area (Å²) in [6.07, 6.45) is 10.4. The zero-order valence-corrected chi connectivity index (χ0v) is 15.4. The molecule has 24 heavy (non-hydrogen) atoms. The fourth-order valence-corrected chi connectivity index (χ4v) is 2.52. The van der Waals surface area contributed by atoms with Crippen LogP contribution in [0.3, 0.4) is 0 Å². The van der Waals surface area contributed by atoms with Crippen LogP contribution in [0.25, 0.3) is 0 Å². The Kier molecular flexibility index (Phi) is 10.6. The van der Waals surface area contributed by atoms with Crippen LogP contribution in [0.4, 0.5) is 0 Å². The van der Waals surface area contributed by atoms with Gasteiger partial charge < -0.3 is 4.74 Å². The van der Waals surface area contributed by atoms with Gasteiger partial charge in [-0.15, -0.1) is 0 Å². The third kappa shape index (κ3) is 8.70. The number of rotatable bonds is 12. The summed E-state index contributed by atoms with van der Waals surface area (Å²) in [7, 11) is 1.64. The molecule has 0 radical (unpaired) electrons. The van der Waals surface area contributed by atoms with E-state index >= 15 is 0 Å². The molecule has 0 spiro atoms. The van der Waals surface area contributed by atoms with Crippen LogP contribution >= 0.6 is 0 Å². The van der Waals surface area contributed by atoms with Gasteiger partial charge in [0.15, 0.2) is 0 Å².